The molecule has 0 radical (unpaired) electrons. The van der Waals surface area contributed by atoms with E-state index in [0.717, 1.165) is 0 Å². The summed E-state index contributed by atoms with van der Waals surface area (Å²) in [6.45, 7) is 0. The van der Waals surface area contributed by atoms with E-state index in [1.807, 2.05) is 6.07 Å². The van der Waals surface area contributed by atoms with E-state index in [1.54, 1.807) is 0 Å². The van der Waals surface area contributed by atoms with Crippen molar-refractivity contribution in [1.82, 2.24) is 0 Å². The Bertz CT molecular complexity index is 437. The Morgan fingerprint density at radius 2 is 2.00 bits per heavy atom. The van der Waals surface area contributed by atoms with E-state index in [1.165, 1.54) is 31.3 Å². The fourth-order valence-electron chi connectivity index (χ4n) is 0.717. The summed E-state index contributed by atoms with van der Waals surface area (Å²) in [4.78, 5) is -0.0526. The summed E-state index contributed by atoms with van der Waals surface area (Å²) in [6.07, 6.45) is 0. The van der Waals surface area contributed by atoms with Gasteiger partial charge in [-0.3, -0.25) is 0 Å². The van der Waals surface area contributed by atoms with E-state index >= 15 is 0 Å². The molecule has 0 saturated heterocycles. The lowest BCUT2D eigenvalue weighted by atomic mass is 10.2. The minimum absolute atomic E-state index is 0.0526. The largest absolute Gasteiger partial charge is 0.333 e. The summed E-state index contributed by atoms with van der Waals surface area (Å²) in [5.74, 6) is 0. The van der Waals surface area contributed by atoms with Gasteiger partial charge in [-0.15, -0.1) is 0 Å². The first kappa shape index (κ1) is 12.9. The highest BCUT2D eigenvalue weighted by Gasteiger charge is 2.09. The maximum Gasteiger partial charge on any atom is 0.261 e. The lowest BCUT2D eigenvalue weighted by Crippen LogP contribution is -1.90. The van der Waals surface area contributed by atoms with Crippen molar-refractivity contribution < 1.29 is 8.42 Å². The Morgan fingerprint density at radius 1 is 1.43 bits per heavy atom. The molecule has 4 nitrogen and oxygen atoms in total. The summed E-state index contributed by atoms with van der Waals surface area (Å²) in [5, 5.41) is 8.44. The second-order valence-electron chi connectivity index (χ2n) is 2.08. The molecule has 0 unspecified atom stereocenters. The number of nitrogens with zero attached hydrogens (tertiary/aromatic N) is 1. The molecule has 0 amide bonds. The molecule has 0 heterocycles. The molecule has 0 saturated carbocycles. The van der Waals surface area contributed by atoms with Crippen LogP contribution in [0, 0.1) is 11.3 Å². The van der Waals surface area contributed by atoms with Gasteiger partial charge in [-0.1, -0.05) is 6.07 Å². The Kier molecular flexibility index (Phi) is 5.16. The van der Waals surface area contributed by atoms with Crippen LogP contribution in [-0.2, 0) is 9.05 Å². The predicted molar refractivity (Wildman–Crippen MR) is 54.3 cm³/mol. The van der Waals surface area contributed by atoms with Crippen LogP contribution in [0.25, 0.3) is 0 Å². The number of rotatable bonds is 1. The van der Waals surface area contributed by atoms with Crippen molar-refractivity contribution >= 4 is 19.7 Å². The first-order chi connectivity index (χ1) is 6.54. The fourth-order valence-corrected chi connectivity index (χ4v) is 1.51. The number of hydrogen-bond donors (Lipinski definition) is 1. The molecule has 0 spiro atoms. The van der Waals surface area contributed by atoms with Crippen LogP contribution in [0.2, 0.25) is 0 Å². The molecule has 0 aliphatic heterocycles. The molecule has 2 N–H and O–H groups in total. The van der Waals surface area contributed by atoms with Crippen molar-refractivity contribution in [2.75, 3.05) is 7.05 Å². The number of nitrogens with two attached hydrogens (primary N) is 1. The van der Waals surface area contributed by atoms with E-state index in [9.17, 15) is 8.42 Å². The molecular formula is C8H9ClN2O2S. The van der Waals surface area contributed by atoms with Crippen molar-refractivity contribution in [3.05, 3.63) is 29.8 Å². The van der Waals surface area contributed by atoms with Crippen molar-refractivity contribution in [3.8, 4) is 6.07 Å². The molecule has 1 aromatic rings. The van der Waals surface area contributed by atoms with E-state index in [2.05, 4.69) is 5.73 Å². The molecule has 6 heteroatoms. The summed E-state index contributed by atoms with van der Waals surface area (Å²) in [5.41, 5.74) is 4.77. The highest BCUT2D eigenvalue weighted by atomic mass is 35.7. The zero-order valence-electron chi connectivity index (χ0n) is 7.44. The molecule has 0 fully saturated rings. The van der Waals surface area contributed by atoms with Gasteiger partial charge in [0, 0.05) is 10.7 Å². The third-order valence-corrected chi connectivity index (χ3v) is 2.60. The molecule has 0 aliphatic carbocycles. The molecule has 14 heavy (non-hydrogen) atoms. The van der Waals surface area contributed by atoms with Gasteiger partial charge in [0.15, 0.2) is 0 Å². The molecule has 1 aromatic carbocycles. The highest BCUT2D eigenvalue weighted by Crippen LogP contribution is 2.15. The first-order valence-corrected chi connectivity index (χ1v) is 5.87. The number of halogens is 1. The Labute approximate surface area is 87.3 Å². The lowest BCUT2D eigenvalue weighted by Gasteiger charge is -1.94. The maximum absolute atomic E-state index is 10.8. The van der Waals surface area contributed by atoms with Gasteiger partial charge in [-0.25, -0.2) is 8.42 Å². The van der Waals surface area contributed by atoms with Gasteiger partial charge >= 0.3 is 0 Å². The third-order valence-electron chi connectivity index (χ3n) is 1.24. The lowest BCUT2D eigenvalue weighted by molar-refractivity contribution is 0.609. The van der Waals surface area contributed by atoms with Crippen LogP contribution in [0.15, 0.2) is 29.2 Å². The van der Waals surface area contributed by atoms with Gasteiger partial charge in [0.1, 0.15) is 0 Å². The van der Waals surface area contributed by atoms with E-state index in [-0.39, 0.29) is 10.5 Å². The van der Waals surface area contributed by atoms with Crippen LogP contribution in [0.5, 0.6) is 0 Å². The van der Waals surface area contributed by atoms with Crippen molar-refractivity contribution in [1.29, 1.82) is 5.26 Å². The highest BCUT2D eigenvalue weighted by molar-refractivity contribution is 8.13. The Morgan fingerprint density at radius 3 is 2.43 bits per heavy atom. The standard InChI is InChI=1S/C7H4ClNO2S.CH5N/c8-12(10,11)7-3-1-2-6(4-7)5-9;1-2/h1-4H;2H2,1H3. The second-order valence-corrected chi connectivity index (χ2v) is 4.64. The minimum atomic E-state index is -3.71. The summed E-state index contributed by atoms with van der Waals surface area (Å²) >= 11 is 0. The average Bonchev–Trinajstić information content (AvgIpc) is 2.20. The quantitative estimate of drug-likeness (QED) is 0.734. The van der Waals surface area contributed by atoms with E-state index < -0.39 is 9.05 Å². The fraction of sp³-hybridized carbons (Fsp3) is 0.125. The maximum atomic E-state index is 10.8. The van der Waals surface area contributed by atoms with Crippen LogP contribution < -0.4 is 5.73 Å². The van der Waals surface area contributed by atoms with Crippen LogP contribution in [0.1, 0.15) is 5.56 Å². The molecule has 0 aliphatic rings. The molecular weight excluding hydrogens is 224 g/mol. The second kappa shape index (κ2) is 5.60. The van der Waals surface area contributed by atoms with Gasteiger partial charge in [0.2, 0.25) is 0 Å². The van der Waals surface area contributed by atoms with Crippen molar-refractivity contribution in [3.63, 3.8) is 0 Å². The Balaban J connectivity index is 0.000000791. The van der Waals surface area contributed by atoms with Gasteiger partial charge in [0.25, 0.3) is 9.05 Å². The van der Waals surface area contributed by atoms with E-state index in [0.29, 0.717) is 0 Å². The molecule has 0 atom stereocenters. The zero-order chi connectivity index (χ0) is 11.2. The van der Waals surface area contributed by atoms with Crippen molar-refractivity contribution in [2.45, 2.75) is 4.90 Å². The topological polar surface area (TPSA) is 83.9 Å². The number of nitriles is 1. The molecule has 76 valence electrons. The van der Waals surface area contributed by atoms with Crippen molar-refractivity contribution in [2.24, 2.45) is 5.73 Å². The first-order valence-electron chi connectivity index (χ1n) is 3.56. The number of benzene rings is 1. The Hall–Kier alpha value is -1.09. The third kappa shape index (κ3) is 3.75. The number of hydrogen-bond acceptors (Lipinski definition) is 4. The van der Waals surface area contributed by atoms with Gasteiger partial charge in [-0.05, 0) is 25.2 Å². The van der Waals surface area contributed by atoms with Crippen LogP contribution in [0.3, 0.4) is 0 Å². The smallest absolute Gasteiger partial charge is 0.261 e. The monoisotopic (exact) mass is 232 g/mol. The summed E-state index contributed by atoms with van der Waals surface area (Å²) in [6, 6.07) is 7.35. The van der Waals surface area contributed by atoms with Gasteiger partial charge in [-0.2, -0.15) is 5.26 Å². The van der Waals surface area contributed by atoms with Crippen LogP contribution in [-0.4, -0.2) is 15.5 Å². The van der Waals surface area contributed by atoms with Gasteiger partial charge in [0.05, 0.1) is 16.5 Å². The van der Waals surface area contributed by atoms with E-state index in [4.69, 9.17) is 15.9 Å². The SMILES string of the molecule is CN.N#Cc1cccc(S(=O)(=O)Cl)c1. The minimum Gasteiger partial charge on any atom is -0.333 e. The average molecular weight is 233 g/mol. The van der Waals surface area contributed by atoms with Crippen LogP contribution >= 0.6 is 10.7 Å². The molecule has 1 rings (SSSR count). The van der Waals surface area contributed by atoms with Crippen LogP contribution in [0.4, 0.5) is 0 Å². The summed E-state index contributed by atoms with van der Waals surface area (Å²) in [7, 11) is 2.84. The zero-order valence-corrected chi connectivity index (χ0v) is 9.01. The molecule has 0 aromatic heterocycles. The predicted octanol–water partition coefficient (Wildman–Crippen LogP) is 1.06. The molecule has 0 bridgehead atoms. The normalized spacial score (nSPS) is 9.57. The van der Waals surface area contributed by atoms with Gasteiger partial charge < -0.3 is 5.73 Å². The summed E-state index contributed by atoms with van der Waals surface area (Å²) < 4.78 is 21.5.